The Labute approximate surface area is 192 Å². The second-order valence-electron chi connectivity index (χ2n) is 7.32. The summed E-state index contributed by atoms with van der Waals surface area (Å²) < 4.78 is 11.2. The lowest BCUT2D eigenvalue weighted by atomic mass is 10.1. The van der Waals surface area contributed by atoms with Gasteiger partial charge >= 0.3 is 0 Å². The van der Waals surface area contributed by atoms with Gasteiger partial charge in [-0.15, -0.1) is 11.3 Å². The number of para-hydroxylation sites is 3. The minimum atomic E-state index is 0.388. The predicted octanol–water partition coefficient (Wildman–Crippen LogP) is 5.98. The first-order chi connectivity index (χ1) is 16.3. The fraction of sp³-hybridized carbons (Fsp3) is 0.0400. The second kappa shape index (κ2) is 8.33. The van der Waals surface area contributed by atoms with E-state index in [2.05, 4.69) is 25.1 Å². The molecule has 1 N–H and O–H groups in total. The van der Waals surface area contributed by atoms with Gasteiger partial charge in [-0.05, 0) is 24.3 Å². The number of nitrogens with zero attached hydrogens (tertiary/aromatic N) is 4. The molecule has 0 fully saturated rings. The van der Waals surface area contributed by atoms with E-state index in [1.54, 1.807) is 6.20 Å². The highest BCUT2D eigenvalue weighted by molar-refractivity contribution is 7.15. The maximum absolute atomic E-state index is 5.76. The van der Waals surface area contributed by atoms with Crippen LogP contribution in [0.1, 0.15) is 5.01 Å². The minimum Gasteiger partial charge on any atom is -0.486 e. The van der Waals surface area contributed by atoms with Gasteiger partial charge in [-0.3, -0.25) is 0 Å². The molecule has 0 radical (unpaired) electrons. The maximum Gasteiger partial charge on any atom is 0.269 e. The van der Waals surface area contributed by atoms with Crippen LogP contribution in [0.5, 0.6) is 5.75 Å². The number of thiazole rings is 1. The van der Waals surface area contributed by atoms with Crippen LogP contribution in [0, 0.1) is 0 Å². The molecule has 0 aliphatic rings. The molecule has 8 heteroatoms. The molecule has 6 aromatic rings. The average molecular weight is 452 g/mol. The van der Waals surface area contributed by atoms with E-state index in [0.29, 0.717) is 18.3 Å². The van der Waals surface area contributed by atoms with Crippen LogP contribution < -0.4 is 4.74 Å². The molecule has 0 unspecified atom stereocenters. The first kappa shape index (κ1) is 19.4. The van der Waals surface area contributed by atoms with E-state index in [9.17, 15) is 0 Å². The van der Waals surface area contributed by atoms with Crippen molar-refractivity contribution >= 4 is 22.4 Å². The number of imidazole rings is 1. The molecule has 0 saturated carbocycles. The number of rotatable bonds is 6. The van der Waals surface area contributed by atoms with Gasteiger partial charge in [0, 0.05) is 11.1 Å². The van der Waals surface area contributed by atoms with E-state index in [-0.39, 0.29) is 0 Å². The lowest BCUT2D eigenvalue weighted by Crippen LogP contribution is -1.93. The summed E-state index contributed by atoms with van der Waals surface area (Å²) in [6, 6.07) is 25.5. The largest absolute Gasteiger partial charge is 0.486 e. The predicted molar refractivity (Wildman–Crippen MR) is 127 cm³/mol. The van der Waals surface area contributed by atoms with Crippen LogP contribution in [0.15, 0.2) is 89.6 Å². The molecule has 3 aromatic carbocycles. The van der Waals surface area contributed by atoms with Crippen molar-refractivity contribution in [2.45, 2.75) is 6.61 Å². The number of benzene rings is 3. The van der Waals surface area contributed by atoms with Crippen molar-refractivity contribution in [1.82, 2.24) is 25.1 Å². The van der Waals surface area contributed by atoms with Crippen molar-refractivity contribution in [3.05, 3.63) is 90.1 Å². The third-order valence-corrected chi connectivity index (χ3v) is 6.06. The van der Waals surface area contributed by atoms with Gasteiger partial charge in [0.15, 0.2) is 0 Å². The summed E-state index contributed by atoms with van der Waals surface area (Å²) in [5, 5.41) is 4.98. The number of aromatic nitrogens is 5. The summed E-state index contributed by atoms with van der Waals surface area (Å²) in [7, 11) is 0. The minimum absolute atomic E-state index is 0.388. The van der Waals surface area contributed by atoms with Crippen molar-refractivity contribution in [2.75, 3.05) is 0 Å². The van der Waals surface area contributed by atoms with E-state index < -0.39 is 0 Å². The Bertz CT molecular complexity index is 1490. The summed E-state index contributed by atoms with van der Waals surface area (Å²) >= 11 is 1.47. The van der Waals surface area contributed by atoms with Crippen LogP contribution in [0.4, 0.5) is 0 Å². The summed E-state index contributed by atoms with van der Waals surface area (Å²) in [5.41, 5.74) is 3.81. The van der Waals surface area contributed by atoms with Gasteiger partial charge in [0.1, 0.15) is 28.1 Å². The molecule has 3 aromatic heterocycles. The molecule has 0 aliphatic carbocycles. The molecule has 160 valence electrons. The number of aromatic amines is 1. The highest BCUT2D eigenvalue weighted by Gasteiger charge is 2.14. The number of ether oxygens (including phenoxy) is 1. The number of nitrogens with one attached hydrogen (secondary N) is 1. The molecule has 0 amide bonds. The Balaban J connectivity index is 1.17. The number of hydrogen-bond donors (Lipinski definition) is 1. The van der Waals surface area contributed by atoms with Crippen LogP contribution in [-0.2, 0) is 6.61 Å². The number of H-pyrrole nitrogens is 1. The monoisotopic (exact) mass is 451 g/mol. The van der Waals surface area contributed by atoms with Crippen molar-refractivity contribution in [1.29, 1.82) is 0 Å². The van der Waals surface area contributed by atoms with E-state index in [1.165, 1.54) is 11.3 Å². The van der Waals surface area contributed by atoms with E-state index in [1.807, 2.05) is 78.9 Å². The van der Waals surface area contributed by atoms with Gasteiger partial charge < -0.3 is 14.2 Å². The summed E-state index contributed by atoms with van der Waals surface area (Å²) in [6.45, 7) is 0.388. The topological polar surface area (TPSA) is 89.7 Å². The summed E-state index contributed by atoms with van der Waals surface area (Å²) in [5.74, 6) is 2.60. The molecule has 3 heterocycles. The highest BCUT2D eigenvalue weighted by Crippen LogP contribution is 2.29. The summed E-state index contributed by atoms with van der Waals surface area (Å²) in [6.07, 6.45) is 1.73. The van der Waals surface area contributed by atoms with Crippen molar-refractivity contribution in [2.24, 2.45) is 0 Å². The smallest absolute Gasteiger partial charge is 0.269 e. The number of hydrogen-bond acceptors (Lipinski definition) is 7. The molecule has 0 saturated heterocycles. The first-order valence-electron chi connectivity index (χ1n) is 10.3. The molecule has 0 spiro atoms. The quantitative estimate of drug-likeness (QED) is 0.335. The van der Waals surface area contributed by atoms with Gasteiger partial charge in [-0.25, -0.2) is 9.97 Å². The standard InChI is InChI=1S/C25H17N5O2S/c1-2-6-18(7-3-1)31-15-22-26-14-21(33-22)25-29-24(30-32-25)17-12-10-16(11-13-17)23-27-19-8-4-5-9-20(19)28-23/h1-14H,15H2,(H,27,28). The van der Waals surface area contributed by atoms with Gasteiger partial charge in [0.05, 0.1) is 17.2 Å². The van der Waals surface area contributed by atoms with Crippen molar-refractivity contribution in [3.8, 4) is 39.3 Å². The normalized spacial score (nSPS) is 11.2. The SMILES string of the molecule is c1ccc(OCc2ncc(-c3nc(-c4ccc(-c5nc6ccccc6[nH]5)cc4)no3)s2)cc1. The molecular weight excluding hydrogens is 434 g/mol. The van der Waals surface area contributed by atoms with Crippen LogP contribution in [-0.4, -0.2) is 25.1 Å². The molecule has 0 bridgehead atoms. The van der Waals surface area contributed by atoms with E-state index >= 15 is 0 Å². The maximum atomic E-state index is 5.76. The Morgan fingerprint density at radius 1 is 0.848 bits per heavy atom. The molecular formula is C25H17N5O2S. The van der Waals surface area contributed by atoms with Gasteiger partial charge in [-0.1, -0.05) is 59.8 Å². The number of fused-ring (bicyclic) bond motifs is 1. The molecule has 0 atom stereocenters. The zero-order valence-electron chi connectivity index (χ0n) is 17.3. The van der Waals surface area contributed by atoms with Crippen LogP contribution in [0.3, 0.4) is 0 Å². The Morgan fingerprint density at radius 2 is 1.64 bits per heavy atom. The Kier molecular flexibility index (Phi) is 4.89. The molecule has 7 nitrogen and oxygen atoms in total. The third kappa shape index (κ3) is 3.99. The molecule has 6 rings (SSSR count). The highest BCUT2D eigenvalue weighted by atomic mass is 32.1. The van der Waals surface area contributed by atoms with Gasteiger partial charge in [0.25, 0.3) is 5.89 Å². The molecule has 33 heavy (non-hydrogen) atoms. The lowest BCUT2D eigenvalue weighted by Gasteiger charge is -2.02. The van der Waals surface area contributed by atoms with Crippen LogP contribution in [0.25, 0.3) is 44.6 Å². The second-order valence-corrected chi connectivity index (χ2v) is 8.44. The zero-order valence-corrected chi connectivity index (χ0v) is 18.1. The van der Waals surface area contributed by atoms with Gasteiger partial charge in [-0.2, -0.15) is 4.98 Å². The lowest BCUT2D eigenvalue weighted by molar-refractivity contribution is 0.305. The fourth-order valence-electron chi connectivity index (χ4n) is 3.45. The zero-order chi connectivity index (χ0) is 22.0. The fourth-order valence-corrected chi connectivity index (χ4v) is 4.20. The van der Waals surface area contributed by atoms with Crippen molar-refractivity contribution in [3.63, 3.8) is 0 Å². The first-order valence-corrected chi connectivity index (χ1v) is 11.2. The van der Waals surface area contributed by atoms with Crippen LogP contribution in [0.2, 0.25) is 0 Å². The Morgan fingerprint density at radius 3 is 2.48 bits per heavy atom. The van der Waals surface area contributed by atoms with Crippen LogP contribution >= 0.6 is 11.3 Å². The third-order valence-electron chi connectivity index (χ3n) is 5.10. The summed E-state index contributed by atoms with van der Waals surface area (Å²) in [4.78, 5) is 17.7. The average Bonchev–Trinajstić information content (AvgIpc) is 3.63. The van der Waals surface area contributed by atoms with E-state index in [0.717, 1.165) is 43.6 Å². The van der Waals surface area contributed by atoms with E-state index in [4.69, 9.17) is 9.26 Å². The Hall–Kier alpha value is -4.30. The molecule has 0 aliphatic heterocycles. The van der Waals surface area contributed by atoms with Gasteiger partial charge in [0.2, 0.25) is 5.82 Å². The van der Waals surface area contributed by atoms with Crippen molar-refractivity contribution < 1.29 is 9.26 Å².